The van der Waals surface area contributed by atoms with E-state index in [1.807, 2.05) is 20.8 Å². The number of esters is 2. The third kappa shape index (κ3) is 6.31. The van der Waals surface area contributed by atoms with Gasteiger partial charge in [0.1, 0.15) is 24.1 Å². The Labute approximate surface area is 299 Å². The number of aliphatic hydroxyl groups is 3. The summed E-state index contributed by atoms with van der Waals surface area (Å²) in [6.07, 6.45) is 2.60. The Morgan fingerprint density at radius 2 is 1.76 bits per heavy atom. The topological polar surface area (TPSA) is 149 Å². The Morgan fingerprint density at radius 3 is 2.36 bits per heavy atom. The maximum Gasteiger partial charge on any atom is 0.306 e. The molecule has 3 saturated carbocycles. The first-order valence-electron chi connectivity index (χ1n) is 19.2. The van der Waals surface area contributed by atoms with E-state index in [9.17, 15) is 29.7 Å². The zero-order chi connectivity index (χ0) is 37.2. The molecule has 1 unspecified atom stereocenters. The lowest BCUT2D eigenvalue weighted by Crippen LogP contribution is -2.72. The number of carbonyl (C=O) groups excluding carboxylic acids is 3. The molecule has 1 heterocycles. The Balaban J connectivity index is 1.64. The number of allylic oxidation sites excluding steroid dienone is 1. The van der Waals surface area contributed by atoms with Crippen LogP contribution in [-0.2, 0) is 33.3 Å². The molecule has 1 saturated heterocycles. The van der Waals surface area contributed by atoms with Crippen LogP contribution in [0.25, 0.3) is 0 Å². The largest absolute Gasteiger partial charge is 0.462 e. The van der Waals surface area contributed by atoms with Crippen molar-refractivity contribution in [1.82, 2.24) is 0 Å². The van der Waals surface area contributed by atoms with Crippen molar-refractivity contribution in [3.05, 3.63) is 11.6 Å². The van der Waals surface area contributed by atoms with Gasteiger partial charge in [0, 0.05) is 54.5 Å². The number of Topliss-reactive ketones (excluding diaryl/α,β-unsaturated/α-hetero) is 1. The molecule has 1 aliphatic heterocycles. The van der Waals surface area contributed by atoms with Gasteiger partial charge in [-0.3, -0.25) is 14.4 Å². The first-order valence-corrected chi connectivity index (χ1v) is 19.2. The Bertz CT molecular complexity index is 1330. The van der Waals surface area contributed by atoms with E-state index in [1.165, 1.54) is 6.92 Å². The standard InChI is InChI=1S/C40H64O10/c1-11-13-14-15-32(44)49-26-21-38(8)24(23-18-25(34(45)37(6,7)46)50-35(23)47-12-2)16-17-27(38)40(10)31(48-22(3)41)19-28-36(4,5)29(42)20-30(43)39(28,9)33(26)40/h17,23-26,28,30-31,33-35,43,45-46H,11-16,18-21H2,1-10H3/t23-,24-,25-,26-,28+,30?,31-,33-,34+,35-,38-,39-,40-/m1/s1. The van der Waals surface area contributed by atoms with Crippen LogP contribution in [0.4, 0.5) is 0 Å². The summed E-state index contributed by atoms with van der Waals surface area (Å²) in [5.74, 6) is -1.67. The second-order valence-electron chi connectivity index (χ2n) is 17.9. The summed E-state index contributed by atoms with van der Waals surface area (Å²) < 4.78 is 25.4. The first-order chi connectivity index (χ1) is 23.2. The highest BCUT2D eigenvalue weighted by molar-refractivity contribution is 5.86. The first kappa shape index (κ1) is 39.4. The summed E-state index contributed by atoms with van der Waals surface area (Å²) >= 11 is 0. The van der Waals surface area contributed by atoms with Crippen molar-refractivity contribution in [3.8, 4) is 0 Å². The van der Waals surface area contributed by atoms with Gasteiger partial charge in [-0.05, 0) is 70.1 Å². The summed E-state index contributed by atoms with van der Waals surface area (Å²) in [6, 6.07) is 0. The van der Waals surface area contributed by atoms with Crippen LogP contribution in [0.5, 0.6) is 0 Å². The lowest BCUT2D eigenvalue weighted by atomic mass is 9.36. The van der Waals surface area contributed by atoms with Crippen LogP contribution in [0.2, 0.25) is 0 Å². The van der Waals surface area contributed by atoms with Gasteiger partial charge in [0.2, 0.25) is 0 Å². The van der Waals surface area contributed by atoms with Gasteiger partial charge in [-0.25, -0.2) is 0 Å². The molecule has 13 atom stereocenters. The third-order valence-corrected chi connectivity index (χ3v) is 14.1. The fourth-order valence-electron chi connectivity index (χ4n) is 11.8. The van der Waals surface area contributed by atoms with Crippen molar-refractivity contribution in [2.45, 2.75) is 169 Å². The van der Waals surface area contributed by atoms with Crippen molar-refractivity contribution in [1.29, 1.82) is 0 Å². The molecule has 5 aliphatic rings. The van der Waals surface area contributed by atoms with Gasteiger partial charge in [-0.2, -0.15) is 0 Å². The van der Waals surface area contributed by atoms with Gasteiger partial charge in [0.25, 0.3) is 0 Å². The molecule has 284 valence electrons. The van der Waals surface area contributed by atoms with Crippen molar-refractivity contribution < 1.29 is 48.7 Å². The second-order valence-corrected chi connectivity index (χ2v) is 17.9. The molecule has 10 nitrogen and oxygen atoms in total. The van der Waals surface area contributed by atoms with E-state index < -0.39 is 76.0 Å². The third-order valence-electron chi connectivity index (χ3n) is 14.1. The predicted molar refractivity (Wildman–Crippen MR) is 186 cm³/mol. The van der Waals surface area contributed by atoms with E-state index >= 15 is 0 Å². The molecule has 0 radical (unpaired) electrons. The van der Waals surface area contributed by atoms with E-state index in [4.69, 9.17) is 18.9 Å². The number of ether oxygens (including phenoxy) is 4. The molecule has 0 amide bonds. The van der Waals surface area contributed by atoms with Crippen LogP contribution in [0.1, 0.15) is 127 Å². The highest BCUT2D eigenvalue weighted by atomic mass is 16.7. The number of fused-ring (bicyclic) bond motifs is 5. The molecule has 0 bridgehead atoms. The molecular weight excluding hydrogens is 640 g/mol. The zero-order valence-electron chi connectivity index (χ0n) is 32.1. The lowest BCUT2D eigenvalue weighted by molar-refractivity contribution is -0.257. The van der Waals surface area contributed by atoms with Crippen molar-refractivity contribution in [2.24, 2.45) is 45.3 Å². The minimum atomic E-state index is -1.37. The van der Waals surface area contributed by atoms with E-state index in [0.29, 0.717) is 32.3 Å². The molecule has 0 aromatic carbocycles. The summed E-state index contributed by atoms with van der Waals surface area (Å²) in [7, 11) is 0. The van der Waals surface area contributed by atoms with E-state index in [0.717, 1.165) is 24.8 Å². The number of rotatable bonds is 11. The smallest absolute Gasteiger partial charge is 0.306 e. The molecule has 5 rings (SSSR count). The van der Waals surface area contributed by atoms with Crippen LogP contribution < -0.4 is 0 Å². The molecular formula is C40H64O10. The summed E-state index contributed by atoms with van der Waals surface area (Å²) in [4.78, 5) is 40.1. The molecule has 0 aromatic heterocycles. The number of unbranched alkanes of at least 4 members (excludes halogenated alkanes) is 2. The van der Waals surface area contributed by atoms with E-state index in [1.54, 1.807) is 13.8 Å². The van der Waals surface area contributed by atoms with E-state index in [-0.39, 0.29) is 42.3 Å². The minimum Gasteiger partial charge on any atom is -0.462 e. The lowest BCUT2D eigenvalue weighted by Gasteiger charge is -2.69. The average molecular weight is 705 g/mol. The average Bonchev–Trinajstić information content (AvgIpc) is 3.57. The number of hydrogen-bond donors (Lipinski definition) is 3. The highest BCUT2D eigenvalue weighted by Gasteiger charge is 2.74. The van der Waals surface area contributed by atoms with Gasteiger partial charge in [-0.15, -0.1) is 0 Å². The molecule has 50 heavy (non-hydrogen) atoms. The van der Waals surface area contributed by atoms with Crippen LogP contribution >= 0.6 is 0 Å². The number of hydrogen-bond acceptors (Lipinski definition) is 10. The molecule has 4 fully saturated rings. The van der Waals surface area contributed by atoms with Crippen molar-refractivity contribution >= 4 is 17.7 Å². The Morgan fingerprint density at radius 1 is 1.08 bits per heavy atom. The molecule has 4 aliphatic carbocycles. The second kappa shape index (κ2) is 13.9. The summed E-state index contributed by atoms with van der Waals surface area (Å²) in [5.41, 5.74) is -3.26. The maximum absolute atomic E-state index is 13.7. The minimum absolute atomic E-state index is 0.0152. The summed E-state index contributed by atoms with van der Waals surface area (Å²) in [6.45, 7) is 19.2. The van der Waals surface area contributed by atoms with Crippen molar-refractivity contribution in [3.63, 3.8) is 0 Å². The Kier molecular flexibility index (Phi) is 10.9. The maximum atomic E-state index is 13.7. The summed E-state index contributed by atoms with van der Waals surface area (Å²) in [5, 5.41) is 33.8. The quantitative estimate of drug-likeness (QED) is 0.140. The van der Waals surface area contributed by atoms with Gasteiger partial charge >= 0.3 is 11.9 Å². The molecule has 0 aromatic rings. The molecule has 0 spiro atoms. The van der Waals surface area contributed by atoms with Gasteiger partial charge in [-0.1, -0.05) is 66.0 Å². The van der Waals surface area contributed by atoms with Crippen LogP contribution in [0, 0.1) is 45.3 Å². The van der Waals surface area contributed by atoms with Gasteiger partial charge in [0.15, 0.2) is 6.29 Å². The fourth-order valence-corrected chi connectivity index (χ4v) is 11.8. The Hall–Kier alpha value is -1.85. The number of aliphatic hydroxyl groups excluding tert-OH is 2. The number of carbonyl (C=O) groups is 3. The zero-order valence-corrected chi connectivity index (χ0v) is 32.1. The monoisotopic (exact) mass is 704 g/mol. The van der Waals surface area contributed by atoms with Crippen LogP contribution in [-0.4, -0.2) is 82.1 Å². The van der Waals surface area contributed by atoms with E-state index in [2.05, 4.69) is 33.8 Å². The fraction of sp³-hybridized carbons (Fsp3) is 0.875. The normalized spacial score (nSPS) is 42.9. The number of ketones is 1. The van der Waals surface area contributed by atoms with Gasteiger partial charge in [0.05, 0.1) is 17.8 Å². The highest BCUT2D eigenvalue weighted by Crippen LogP contribution is 2.74. The molecule has 3 N–H and O–H groups in total. The molecule has 10 heteroatoms. The SMILES string of the molecule is CCCCCC(=O)O[C@@H]1C[C@@]2(C)C(=CC[C@@H]2[C@H]2C[C@H]([C@H](O)C(C)(C)O)O[C@H]2OCC)[C@]2(C)[C@H](OC(C)=O)C[C@H]3C(C)(C)C(=O)CC(O)[C@]3(C)[C@@H]12. The predicted octanol–water partition coefficient (Wildman–Crippen LogP) is 5.67. The van der Waals surface area contributed by atoms with Crippen LogP contribution in [0.15, 0.2) is 11.6 Å². The van der Waals surface area contributed by atoms with Gasteiger partial charge < -0.3 is 34.3 Å². The van der Waals surface area contributed by atoms with Crippen molar-refractivity contribution in [2.75, 3.05) is 6.61 Å². The van der Waals surface area contributed by atoms with Crippen LogP contribution in [0.3, 0.4) is 0 Å².